The third-order valence-corrected chi connectivity index (χ3v) is 7.32. The number of nitrogens with zero attached hydrogens (tertiary/aromatic N) is 3. The first-order valence-corrected chi connectivity index (χ1v) is 12.3. The summed E-state index contributed by atoms with van der Waals surface area (Å²) in [6.07, 6.45) is 5.53. The lowest BCUT2D eigenvalue weighted by Gasteiger charge is -2.37. The summed E-state index contributed by atoms with van der Waals surface area (Å²) in [5.41, 5.74) is 3.01. The molecule has 0 radical (unpaired) electrons. The van der Waals surface area contributed by atoms with Gasteiger partial charge in [0.1, 0.15) is 5.75 Å². The smallest absolute Gasteiger partial charge is 0.253 e. The van der Waals surface area contributed by atoms with Gasteiger partial charge in [-0.1, -0.05) is 30.3 Å². The minimum atomic E-state index is 0.0517. The molecule has 3 atom stereocenters. The first-order valence-electron chi connectivity index (χ1n) is 12.3. The van der Waals surface area contributed by atoms with Gasteiger partial charge >= 0.3 is 0 Å². The van der Waals surface area contributed by atoms with E-state index < -0.39 is 0 Å². The van der Waals surface area contributed by atoms with Crippen LogP contribution in [-0.4, -0.2) is 70.5 Å². The molecule has 5 nitrogen and oxygen atoms in total. The zero-order valence-electron chi connectivity index (χ0n) is 20.0. The predicted molar refractivity (Wildman–Crippen MR) is 134 cm³/mol. The van der Waals surface area contributed by atoms with Crippen molar-refractivity contribution in [2.45, 2.75) is 51.2 Å². The van der Waals surface area contributed by atoms with Gasteiger partial charge in [0.05, 0.1) is 6.04 Å². The highest BCUT2D eigenvalue weighted by molar-refractivity contribution is 5.94. The summed E-state index contributed by atoms with van der Waals surface area (Å²) in [6, 6.07) is 16.8. The average molecular weight is 448 g/mol. The number of hydrogen-bond donors (Lipinski definition) is 1. The number of phenolic OH excluding ortho intramolecular Hbond substituents is 1. The Bertz CT molecular complexity index is 954. The fraction of sp³-hybridized carbons (Fsp3) is 0.464. The molecule has 1 N–H and O–H groups in total. The lowest BCUT2D eigenvalue weighted by Crippen LogP contribution is -2.42. The van der Waals surface area contributed by atoms with E-state index >= 15 is 0 Å². The zero-order chi connectivity index (χ0) is 23.4. The van der Waals surface area contributed by atoms with E-state index in [4.69, 9.17) is 0 Å². The normalized spacial score (nSPS) is 22.0. The molecule has 0 spiro atoms. The summed E-state index contributed by atoms with van der Waals surface area (Å²) in [7, 11) is 0. The maximum atomic E-state index is 12.8. The molecule has 3 unspecified atom stereocenters. The lowest BCUT2D eigenvalue weighted by molar-refractivity contribution is 0.0773. The van der Waals surface area contributed by atoms with Crippen molar-refractivity contribution in [2.75, 3.05) is 32.7 Å². The second kappa shape index (κ2) is 10.5. The summed E-state index contributed by atoms with van der Waals surface area (Å²) in [5.74, 6) is 0.372. The predicted octanol–water partition coefficient (Wildman–Crippen LogP) is 4.69. The summed E-state index contributed by atoms with van der Waals surface area (Å²) in [5, 5.41) is 10.3. The topological polar surface area (TPSA) is 47.0 Å². The van der Waals surface area contributed by atoms with E-state index in [2.05, 4.69) is 34.6 Å². The van der Waals surface area contributed by atoms with Crippen molar-refractivity contribution in [1.82, 2.24) is 14.7 Å². The quantitative estimate of drug-likeness (QED) is 0.597. The number of carbonyl (C=O) groups excluding carboxylic acids is 1. The molecule has 0 saturated carbocycles. The maximum absolute atomic E-state index is 12.8. The number of carbonyl (C=O) groups is 1. The van der Waals surface area contributed by atoms with E-state index in [1.54, 1.807) is 6.07 Å². The van der Waals surface area contributed by atoms with Crippen molar-refractivity contribution < 1.29 is 9.90 Å². The van der Waals surface area contributed by atoms with Gasteiger partial charge in [-0.05, 0) is 68.5 Å². The molecule has 2 fully saturated rings. The van der Waals surface area contributed by atoms with Crippen molar-refractivity contribution in [1.29, 1.82) is 0 Å². The van der Waals surface area contributed by atoms with Crippen molar-refractivity contribution in [3.63, 3.8) is 0 Å². The molecular weight excluding hydrogens is 410 g/mol. The molecule has 2 bridgehead atoms. The van der Waals surface area contributed by atoms with Gasteiger partial charge in [-0.15, -0.1) is 6.58 Å². The van der Waals surface area contributed by atoms with Crippen LogP contribution in [0, 0.1) is 0 Å². The van der Waals surface area contributed by atoms with Crippen LogP contribution < -0.4 is 0 Å². The molecule has 0 aliphatic carbocycles. The standard InChI is InChI=1S/C28H37N3O2/c1-4-17-29-18-16-24-14-15-25(20-29)31(24)27(23-8-7-9-26(32)19-23)21-10-12-22(13-11-21)28(33)30(5-2)6-3/h4,7-13,19,24-25,27,32H,1,5-6,14-18,20H2,2-3H3. The van der Waals surface area contributed by atoms with Crippen molar-refractivity contribution >= 4 is 5.91 Å². The monoisotopic (exact) mass is 447 g/mol. The number of likely N-dealkylation sites (tertiary alicyclic amines) is 1. The van der Waals surface area contributed by atoms with Crippen LogP contribution >= 0.6 is 0 Å². The Morgan fingerprint density at radius 1 is 1.09 bits per heavy atom. The minimum absolute atomic E-state index is 0.0517. The number of phenols is 1. The number of aromatic hydroxyl groups is 1. The summed E-state index contributed by atoms with van der Waals surface area (Å²) >= 11 is 0. The third-order valence-electron chi connectivity index (χ3n) is 7.32. The molecule has 2 aliphatic rings. The van der Waals surface area contributed by atoms with E-state index in [9.17, 15) is 9.90 Å². The number of rotatable bonds is 8. The lowest BCUT2D eigenvalue weighted by atomic mass is 9.94. The van der Waals surface area contributed by atoms with E-state index in [0.29, 0.717) is 30.9 Å². The molecular formula is C28H37N3O2. The molecule has 2 heterocycles. The minimum Gasteiger partial charge on any atom is -0.508 e. The first-order chi connectivity index (χ1) is 16.0. The number of fused-ring (bicyclic) bond motifs is 2. The van der Waals surface area contributed by atoms with Gasteiger partial charge in [0, 0.05) is 50.4 Å². The molecule has 2 aliphatic heterocycles. The van der Waals surface area contributed by atoms with Gasteiger partial charge in [0.2, 0.25) is 0 Å². The molecule has 4 rings (SSSR count). The van der Waals surface area contributed by atoms with Crippen LogP contribution in [-0.2, 0) is 0 Å². The molecule has 2 saturated heterocycles. The van der Waals surface area contributed by atoms with Crippen LogP contribution in [0.25, 0.3) is 0 Å². The second-order valence-corrected chi connectivity index (χ2v) is 9.27. The van der Waals surface area contributed by atoms with E-state index in [0.717, 1.165) is 37.2 Å². The Labute approximate surface area is 198 Å². The molecule has 176 valence electrons. The Balaban J connectivity index is 1.70. The van der Waals surface area contributed by atoms with Crippen LogP contribution in [0.2, 0.25) is 0 Å². The van der Waals surface area contributed by atoms with Crippen LogP contribution in [0.4, 0.5) is 0 Å². The van der Waals surface area contributed by atoms with Crippen LogP contribution in [0.1, 0.15) is 60.6 Å². The molecule has 0 aromatic heterocycles. The highest BCUT2D eigenvalue weighted by atomic mass is 16.3. The first kappa shape index (κ1) is 23.5. The maximum Gasteiger partial charge on any atom is 0.253 e. The fourth-order valence-corrected chi connectivity index (χ4v) is 5.68. The van der Waals surface area contributed by atoms with Gasteiger partial charge in [0.15, 0.2) is 0 Å². The highest BCUT2D eigenvalue weighted by Crippen LogP contribution is 2.41. The van der Waals surface area contributed by atoms with Crippen molar-refractivity contribution in [3.8, 4) is 5.75 Å². The van der Waals surface area contributed by atoms with Crippen LogP contribution in [0.15, 0.2) is 61.2 Å². The van der Waals surface area contributed by atoms with Gasteiger partial charge in [-0.25, -0.2) is 0 Å². The van der Waals surface area contributed by atoms with Crippen molar-refractivity contribution in [2.24, 2.45) is 0 Å². The van der Waals surface area contributed by atoms with Crippen LogP contribution in [0.3, 0.4) is 0 Å². The molecule has 5 heteroatoms. The van der Waals surface area contributed by atoms with Crippen molar-refractivity contribution in [3.05, 3.63) is 77.9 Å². The zero-order valence-corrected chi connectivity index (χ0v) is 20.0. The largest absolute Gasteiger partial charge is 0.508 e. The van der Waals surface area contributed by atoms with E-state index in [-0.39, 0.29) is 11.9 Å². The molecule has 33 heavy (non-hydrogen) atoms. The summed E-state index contributed by atoms with van der Waals surface area (Å²) in [6.45, 7) is 12.4. The van der Waals surface area contributed by atoms with E-state index in [1.807, 2.05) is 49.1 Å². The van der Waals surface area contributed by atoms with Crippen LogP contribution in [0.5, 0.6) is 5.75 Å². The summed E-state index contributed by atoms with van der Waals surface area (Å²) < 4.78 is 0. The van der Waals surface area contributed by atoms with Gasteiger partial charge < -0.3 is 10.0 Å². The Kier molecular flexibility index (Phi) is 7.51. The molecule has 2 aromatic rings. The van der Waals surface area contributed by atoms with Gasteiger partial charge in [-0.2, -0.15) is 0 Å². The number of hydrogen-bond acceptors (Lipinski definition) is 4. The van der Waals surface area contributed by atoms with E-state index in [1.165, 1.54) is 18.4 Å². The highest BCUT2D eigenvalue weighted by Gasteiger charge is 2.41. The summed E-state index contributed by atoms with van der Waals surface area (Å²) in [4.78, 5) is 19.9. The molecule has 2 aromatic carbocycles. The van der Waals surface area contributed by atoms with Gasteiger partial charge in [0.25, 0.3) is 5.91 Å². The second-order valence-electron chi connectivity index (χ2n) is 9.27. The Hall–Kier alpha value is -2.63. The number of amides is 1. The number of benzene rings is 2. The molecule has 1 amide bonds. The average Bonchev–Trinajstić information content (AvgIpc) is 3.11. The Morgan fingerprint density at radius 2 is 1.82 bits per heavy atom. The SMILES string of the molecule is C=CCN1CCC2CCC(C1)N2C(c1ccc(C(=O)N(CC)CC)cc1)c1cccc(O)c1. The third kappa shape index (κ3) is 4.99. The fourth-order valence-electron chi connectivity index (χ4n) is 5.68. The Morgan fingerprint density at radius 3 is 2.48 bits per heavy atom. The van der Waals surface area contributed by atoms with Gasteiger partial charge in [-0.3, -0.25) is 14.6 Å².